The van der Waals surface area contributed by atoms with E-state index in [1.54, 1.807) is 12.1 Å². The maximum Gasteiger partial charge on any atom is 0.238 e. The van der Waals surface area contributed by atoms with Gasteiger partial charge in [0.15, 0.2) is 0 Å². The summed E-state index contributed by atoms with van der Waals surface area (Å²) in [6, 6.07) is 10.8. The van der Waals surface area contributed by atoms with E-state index in [0.29, 0.717) is 18.4 Å². The van der Waals surface area contributed by atoms with Crippen molar-refractivity contribution >= 4 is 10.0 Å². The molecule has 0 saturated heterocycles. The van der Waals surface area contributed by atoms with Crippen LogP contribution in [0.3, 0.4) is 0 Å². The molecule has 1 atom stereocenters. The van der Waals surface area contributed by atoms with Crippen molar-refractivity contribution < 1.29 is 13.2 Å². The topological polar surface area (TPSA) is 77.6 Å². The first kappa shape index (κ1) is 16.0. The minimum absolute atomic E-state index is 0.0928. The molecular formula is C16H21N3O3S. The van der Waals surface area contributed by atoms with E-state index in [4.69, 9.17) is 9.88 Å². The van der Waals surface area contributed by atoms with Crippen LogP contribution in [-0.4, -0.2) is 37.6 Å². The summed E-state index contributed by atoms with van der Waals surface area (Å²) in [4.78, 5) is 2.48. The number of rotatable bonds is 5. The van der Waals surface area contributed by atoms with Gasteiger partial charge in [-0.2, -0.15) is 0 Å². The molecule has 23 heavy (non-hydrogen) atoms. The molecule has 0 saturated carbocycles. The molecule has 0 spiro atoms. The third-order valence-electron chi connectivity index (χ3n) is 4.27. The molecule has 2 heterocycles. The predicted molar refractivity (Wildman–Crippen MR) is 87.7 cm³/mol. The molecule has 0 bridgehead atoms. The number of hydrogen-bond acceptors (Lipinski definition) is 4. The molecule has 1 aliphatic heterocycles. The van der Waals surface area contributed by atoms with Crippen molar-refractivity contribution in [2.75, 3.05) is 19.7 Å². The summed E-state index contributed by atoms with van der Waals surface area (Å²) in [6.45, 7) is 5.57. The summed E-state index contributed by atoms with van der Waals surface area (Å²) < 4.78 is 30.4. The van der Waals surface area contributed by atoms with Gasteiger partial charge in [0, 0.05) is 37.6 Å². The van der Waals surface area contributed by atoms with E-state index in [-0.39, 0.29) is 4.90 Å². The van der Waals surface area contributed by atoms with Gasteiger partial charge in [-0.3, -0.25) is 4.90 Å². The number of fused-ring (bicyclic) bond motifs is 1. The molecule has 2 N–H and O–H groups in total. The molecule has 6 nitrogen and oxygen atoms in total. The average molecular weight is 335 g/mol. The highest BCUT2D eigenvalue weighted by molar-refractivity contribution is 7.89. The van der Waals surface area contributed by atoms with E-state index < -0.39 is 10.0 Å². The fraction of sp³-hybridized carbons (Fsp3) is 0.375. The van der Waals surface area contributed by atoms with Crippen LogP contribution < -0.4 is 9.88 Å². The summed E-state index contributed by atoms with van der Waals surface area (Å²) in [5, 5.41) is 5.07. The fourth-order valence-corrected chi connectivity index (χ4v) is 3.45. The third-order valence-corrected chi connectivity index (χ3v) is 5.20. The predicted octanol–water partition coefficient (Wildman–Crippen LogP) is 1.59. The number of sulfonamides is 1. The lowest BCUT2D eigenvalue weighted by Crippen LogP contribution is -2.38. The van der Waals surface area contributed by atoms with Crippen molar-refractivity contribution in [1.29, 1.82) is 0 Å². The lowest BCUT2D eigenvalue weighted by Gasteiger charge is -2.34. The van der Waals surface area contributed by atoms with Crippen LogP contribution >= 0.6 is 0 Å². The highest BCUT2D eigenvalue weighted by Crippen LogP contribution is 2.24. The number of aromatic nitrogens is 1. The SMILES string of the molecule is CC1c2cccn2CCN1CCOc1ccc(S(N)(=O)=O)cc1. The molecule has 0 fully saturated rings. The molecule has 124 valence electrons. The summed E-state index contributed by atoms with van der Waals surface area (Å²) in [5.41, 5.74) is 1.33. The lowest BCUT2D eigenvalue weighted by molar-refractivity contribution is 0.139. The van der Waals surface area contributed by atoms with E-state index in [1.165, 1.54) is 17.8 Å². The smallest absolute Gasteiger partial charge is 0.238 e. The maximum absolute atomic E-state index is 11.2. The van der Waals surface area contributed by atoms with Crippen molar-refractivity contribution in [2.24, 2.45) is 5.14 Å². The lowest BCUT2D eigenvalue weighted by atomic mass is 10.1. The van der Waals surface area contributed by atoms with Crippen LogP contribution in [0.15, 0.2) is 47.5 Å². The summed E-state index contributed by atoms with van der Waals surface area (Å²) in [7, 11) is -3.65. The Labute approximate surface area is 136 Å². The number of benzene rings is 1. The van der Waals surface area contributed by atoms with Crippen molar-refractivity contribution in [3.05, 3.63) is 48.3 Å². The number of nitrogens with zero attached hydrogens (tertiary/aromatic N) is 2. The molecule has 0 aliphatic carbocycles. The summed E-state index contributed by atoms with van der Waals surface area (Å²) in [6.07, 6.45) is 2.12. The van der Waals surface area contributed by atoms with Gasteiger partial charge in [-0.1, -0.05) is 0 Å². The zero-order chi connectivity index (χ0) is 16.4. The van der Waals surface area contributed by atoms with Crippen LogP contribution in [0.4, 0.5) is 0 Å². The van der Waals surface area contributed by atoms with Gasteiger partial charge in [-0.25, -0.2) is 13.6 Å². The van der Waals surface area contributed by atoms with Gasteiger partial charge >= 0.3 is 0 Å². The normalized spacial score (nSPS) is 18.6. The number of nitrogens with two attached hydrogens (primary N) is 1. The molecule has 1 aromatic heterocycles. The zero-order valence-electron chi connectivity index (χ0n) is 13.1. The molecule has 3 rings (SSSR count). The third kappa shape index (κ3) is 3.57. The maximum atomic E-state index is 11.2. The van der Waals surface area contributed by atoms with Crippen LogP contribution in [0.5, 0.6) is 5.75 Å². The average Bonchev–Trinajstić information content (AvgIpc) is 2.99. The van der Waals surface area contributed by atoms with Crippen LogP contribution in [0.1, 0.15) is 18.7 Å². The Kier molecular flexibility index (Phi) is 4.43. The monoisotopic (exact) mass is 335 g/mol. The Morgan fingerprint density at radius 3 is 2.65 bits per heavy atom. The highest BCUT2D eigenvalue weighted by Gasteiger charge is 2.22. The van der Waals surface area contributed by atoms with Gasteiger partial charge in [0.1, 0.15) is 12.4 Å². The second kappa shape index (κ2) is 6.35. The Balaban J connectivity index is 1.54. The first-order chi connectivity index (χ1) is 10.9. The molecule has 1 unspecified atom stereocenters. The van der Waals surface area contributed by atoms with Gasteiger partial charge in [0.2, 0.25) is 10.0 Å². The molecule has 7 heteroatoms. The van der Waals surface area contributed by atoms with Gasteiger partial charge in [-0.05, 0) is 43.3 Å². The van der Waals surface area contributed by atoms with Gasteiger partial charge < -0.3 is 9.30 Å². The van der Waals surface area contributed by atoms with Crippen molar-refractivity contribution in [3.63, 3.8) is 0 Å². The quantitative estimate of drug-likeness (QED) is 0.900. The van der Waals surface area contributed by atoms with Crippen LogP contribution in [0.2, 0.25) is 0 Å². The van der Waals surface area contributed by atoms with E-state index in [2.05, 4.69) is 34.7 Å². The van der Waals surface area contributed by atoms with Crippen LogP contribution in [0.25, 0.3) is 0 Å². The van der Waals surface area contributed by atoms with Crippen molar-refractivity contribution in [2.45, 2.75) is 24.4 Å². The van der Waals surface area contributed by atoms with Crippen LogP contribution in [0, 0.1) is 0 Å². The highest BCUT2D eigenvalue weighted by atomic mass is 32.2. The minimum Gasteiger partial charge on any atom is -0.492 e. The molecule has 2 aromatic rings. The van der Waals surface area contributed by atoms with Gasteiger partial charge in [0.05, 0.1) is 4.90 Å². The van der Waals surface area contributed by atoms with E-state index in [1.807, 2.05) is 0 Å². The van der Waals surface area contributed by atoms with Gasteiger partial charge in [-0.15, -0.1) is 0 Å². The minimum atomic E-state index is -3.65. The number of hydrogen-bond donors (Lipinski definition) is 1. The van der Waals surface area contributed by atoms with Crippen molar-refractivity contribution in [3.8, 4) is 5.75 Å². The Bertz CT molecular complexity index is 768. The number of ether oxygens (including phenoxy) is 1. The van der Waals surface area contributed by atoms with E-state index >= 15 is 0 Å². The van der Waals surface area contributed by atoms with Crippen LogP contribution in [-0.2, 0) is 16.6 Å². The van der Waals surface area contributed by atoms with E-state index in [9.17, 15) is 8.42 Å². The summed E-state index contributed by atoms with van der Waals surface area (Å²) >= 11 is 0. The van der Waals surface area contributed by atoms with E-state index in [0.717, 1.165) is 19.6 Å². The zero-order valence-corrected chi connectivity index (χ0v) is 13.9. The van der Waals surface area contributed by atoms with Crippen molar-refractivity contribution in [1.82, 2.24) is 9.47 Å². The standard InChI is InChI=1S/C16H21N3O3S/c1-13-16-3-2-8-19(16)10-9-18(13)11-12-22-14-4-6-15(7-5-14)23(17,20)21/h2-8,13H,9-12H2,1H3,(H2,17,20,21). The second-order valence-corrected chi connectivity index (χ2v) is 7.26. The number of primary sulfonamides is 1. The Morgan fingerprint density at radius 1 is 1.22 bits per heavy atom. The molecular weight excluding hydrogens is 314 g/mol. The summed E-state index contributed by atoms with van der Waals surface area (Å²) in [5.74, 6) is 0.644. The molecule has 0 radical (unpaired) electrons. The fourth-order valence-electron chi connectivity index (χ4n) is 2.94. The Morgan fingerprint density at radius 2 is 1.96 bits per heavy atom. The molecule has 0 amide bonds. The Hall–Kier alpha value is -1.83. The van der Waals surface area contributed by atoms with Gasteiger partial charge in [0.25, 0.3) is 0 Å². The first-order valence-electron chi connectivity index (χ1n) is 7.60. The largest absolute Gasteiger partial charge is 0.492 e. The first-order valence-corrected chi connectivity index (χ1v) is 9.14. The second-order valence-electron chi connectivity index (χ2n) is 5.70. The molecule has 1 aromatic carbocycles. The molecule has 1 aliphatic rings.